The van der Waals surface area contributed by atoms with E-state index in [1.165, 1.54) is 19.9 Å². The van der Waals surface area contributed by atoms with Gasteiger partial charge in [-0.15, -0.1) is 0 Å². The van der Waals surface area contributed by atoms with Gasteiger partial charge in [0.2, 0.25) is 0 Å². The molecule has 16 heavy (non-hydrogen) atoms. The van der Waals surface area contributed by atoms with Crippen molar-refractivity contribution in [3.8, 4) is 6.07 Å². The molecule has 0 aromatic carbocycles. The fourth-order valence-electron chi connectivity index (χ4n) is 1.11. The number of nitriles is 1. The van der Waals surface area contributed by atoms with Crippen molar-refractivity contribution in [2.45, 2.75) is 13.8 Å². The highest BCUT2D eigenvalue weighted by Crippen LogP contribution is 2.23. The highest BCUT2D eigenvalue weighted by molar-refractivity contribution is 5.83. The van der Waals surface area contributed by atoms with Gasteiger partial charge in [0.05, 0.1) is 16.7 Å². The minimum atomic E-state index is -1.08. The Labute approximate surface area is 93.9 Å². The van der Waals surface area contributed by atoms with Gasteiger partial charge in [-0.05, 0) is 32.1 Å². The van der Waals surface area contributed by atoms with Crippen molar-refractivity contribution in [1.82, 2.24) is 4.98 Å². The molecule has 0 saturated heterocycles. The first-order valence-electron chi connectivity index (χ1n) is 4.75. The van der Waals surface area contributed by atoms with E-state index in [4.69, 9.17) is 10.4 Å². The van der Waals surface area contributed by atoms with Gasteiger partial charge in [-0.2, -0.15) is 5.26 Å². The number of aromatic nitrogens is 1. The Balaban J connectivity index is 3.15. The molecule has 1 N–H and O–H groups in total. The van der Waals surface area contributed by atoms with Crippen molar-refractivity contribution in [2.24, 2.45) is 5.41 Å². The van der Waals surface area contributed by atoms with Crippen molar-refractivity contribution in [3.05, 3.63) is 36.2 Å². The van der Waals surface area contributed by atoms with Crippen molar-refractivity contribution >= 4 is 11.5 Å². The molecule has 0 atom stereocenters. The first-order chi connectivity index (χ1) is 7.47. The molecule has 0 saturated carbocycles. The minimum absolute atomic E-state index is 0.271. The molecule has 0 unspecified atom stereocenters. The summed E-state index contributed by atoms with van der Waals surface area (Å²) in [6, 6.07) is 7.13. The number of carbonyl (C=O) groups is 1. The second kappa shape index (κ2) is 4.58. The first-order valence-corrected chi connectivity index (χ1v) is 4.75. The van der Waals surface area contributed by atoms with Gasteiger partial charge in [0, 0.05) is 6.20 Å². The monoisotopic (exact) mass is 216 g/mol. The summed E-state index contributed by atoms with van der Waals surface area (Å²) in [6.45, 7) is 3.07. The lowest BCUT2D eigenvalue weighted by Gasteiger charge is -2.14. The molecule has 82 valence electrons. The number of allylic oxidation sites excluding steroid dienone is 1. The van der Waals surface area contributed by atoms with Crippen LogP contribution < -0.4 is 0 Å². The van der Waals surface area contributed by atoms with E-state index >= 15 is 0 Å². The highest BCUT2D eigenvalue weighted by atomic mass is 16.4. The van der Waals surface area contributed by atoms with E-state index in [1.54, 1.807) is 24.4 Å². The van der Waals surface area contributed by atoms with Gasteiger partial charge in [-0.25, -0.2) is 0 Å². The van der Waals surface area contributed by atoms with E-state index in [0.717, 1.165) is 0 Å². The van der Waals surface area contributed by atoms with Gasteiger partial charge in [0.1, 0.15) is 6.07 Å². The number of pyridine rings is 1. The molecule has 0 amide bonds. The molecular weight excluding hydrogens is 204 g/mol. The molecule has 1 aromatic heterocycles. The van der Waals surface area contributed by atoms with Crippen LogP contribution in [0.15, 0.2) is 30.5 Å². The van der Waals surface area contributed by atoms with E-state index in [2.05, 4.69) is 4.98 Å². The van der Waals surface area contributed by atoms with Gasteiger partial charge in [-0.1, -0.05) is 6.07 Å². The predicted molar refractivity (Wildman–Crippen MR) is 59.2 cm³/mol. The summed E-state index contributed by atoms with van der Waals surface area (Å²) in [5, 5.41) is 17.9. The molecule has 1 aromatic rings. The molecule has 4 heteroatoms. The second-order valence-corrected chi connectivity index (χ2v) is 3.91. The number of hydrogen-bond acceptors (Lipinski definition) is 3. The second-order valence-electron chi connectivity index (χ2n) is 3.91. The average molecular weight is 216 g/mol. The van der Waals surface area contributed by atoms with Crippen LogP contribution in [0.25, 0.3) is 5.57 Å². The SMILES string of the molecule is CC(C)(C=C(C#N)c1ccccn1)C(=O)O. The van der Waals surface area contributed by atoms with Crippen LogP contribution in [-0.2, 0) is 4.79 Å². The van der Waals surface area contributed by atoms with Crippen LogP contribution in [0.2, 0.25) is 0 Å². The number of carboxylic acid groups (broad SMARTS) is 1. The number of hydrogen-bond donors (Lipinski definition) is 1. The fourth-order valence-corrected chi connectivity index (χ4v) is 1.11. The lowest BCUT2D eigenvalue weighted by molar-refractivity contribution is -0.144. The lowest BCUT2D eigenvalue weighted by atomic mass is 9.90. The zero-order valence-electron chi connectivity index (χ0n) is 9.14. The van der Waals surface area contributed by atoms with Crippen LogP contribution in [0.5, 0.6) is 0 Å². The molecule has 4 nitrogen and oxygen atoms in total. The quantitative estimate of drug-likeness (QED) is 0.785. The van der Waals surface area contributed by atoms with Crippen molar-refractivity contribution in [3.63, 3.8) is 0 Å². The van der Waals surface area contributed by atoms with E-state index in [9.17, 15) is 4.79 Å². The van der Waals surface area contributed by atoms with E-state index in [0.29, 0.717) is 5.69 Å². The first kappa shape index (κ1) is 11.9. The van der Waals surface area contributed by atoms with E-state index < -0.39 is 11.4 Å². The molecule has 0 bridgehead atoms. The van der Waals surface area contributed by atoms with Crippen LogP contribution >= 0.6 is 0 Å². The molecule has 0 aliphatic heterocycles. The van der Waals surface area contributed by atoms with Crippen molar-refractivity contribution in [2.75, 3.05) is 0 Å². The van der Waals surface area contributed by atoms with Gasteiger partial charge < -0.3 is 5.11 Å². The maximum absolute atomic E-state index is 10.9. The van der Waals surface area contributed by atoms with E-state index in [-0.39, 0.29) is 5.57 Å². The normalized spacial score (nSPS) is 11.9. The van der Waals surface area contributed by atoms with Gasteiger partial charge in [0.15, 0.2) is 0 Å². The summed E-state index contributed by atoms with van der Waals surface area (Å²) < 4.78 is 0. The molecule has 0 spiro atoms. The van der Waals surface area contributed by atoms with Gasteiger partial charge >= 0.3 is 5.97 Å². The summed E-state index contributed by atoms with van der Waals surface area (Å²) in [5.41, 5.74) is -0.324. The van der Waals surface area contributed by atoms with Gasteiger partial charge in [0.25, 0.3) is 0 Å². The molecule has 1 rings (SSSR count). The third-order valence-corrected chi connectivity index (χ3v) is 2.12. The maximum atomic E-state index is 10.9. The summed E-state index contributed by atoms with van der Waals surface area (Å²) in [6.07, 6.45) is 2.98. The topological polar surface area (TPSA) is 74.0 Å². The Bertz CT molecular complexity index is 456. The van der Waals surface area contributed by atoms with Crippen molar-refractivity contribution in [1.29, 1.82) is 5.26 Å². The largest absolute Gasteiger partial charge is 0.481 e. The Morgan fingerprint density at radius 1 is 1.56 bits per heavy atom. The molecule has 0 aliphatic rings. The highest BCUT2D eigenvalue weighted by Gasteiger charge is 2.25. The number of carboxylic acids is 1. The number of aliphatic carboxylic acids is 1. The number of rotatable bonds is 3. The summed E-state index contributed by atoms with van der Waals surface area (Å²) in [4.78, 5) is 14.9. The van der Waals surface area contributed by atoms with Crippen molar-refractivity contribution < 1.29 is 9.90 Å². The van der Waals surface area contributed by atoms with Crippen LogP contribution in [0.4, 0.5) is 0 Å². The molecule has 1 heterocycles. The predicted octanol–water partition coefficient (Wildman–Crippen LogP) is 2.10. The standard InChI is InChI=1S/C12H12N2O2/c1-12(2,11(15)16)7-9(8-13)10-5-3-4-6-14-10/h3-7H,1-2H3,(H,15,16). The van der Waals surface area contributed by atoms with Crippen LogP contribution in [-0.4, -0.2) is 16.1 Å². The maximum Gasteiger partial charge on any atom is 0.312 e. The number of nitrogens with zero attached hydrogens (tertiary/aromatic N) is 2. The Morgan fingerprint density at radius 3 is 2.69 bits per heavy atom. The molecular formula is C12H12N2O2. The Hall–Kier alpha value is -2.15. The average Bonchev–Trinajstić information content (AvgIpc) is 2.27. The van der Waals surface area contributed by atoms with Crippen LogP contribution in [0, 0.1) is 16.7 Å². The fraction of sp³-hybridized carbons (Fsp3) is 0.250. The molecule has 0 fully saturated rings. The smallest absolute Gasteiger partial charge is 0.312 e. The third-order valence-electron chi connectivity index (χ3n) is 2.12. The molecule has 0 radical (unpaired) electrons. The van der Waals surface area contributed by atoms with Crippen LogP contribution in [0.3, 0.4) is 0 Å². The zero-order chi connectivity index (χ0) is 12.2. The van der Waals surface area contributed by atoms with Gasteiger partial charge in [-0.3, -0.25) is 9.78 Å². The summed E-state index contributed by atoms with van der Waals surface area (Å²) in [5.74, 6) is -0.976. The Morgan fingerprint density at radius 2 is 2.25 bits per heavy atom. The minimum Gasteiger partial charge on any atom is -0.481 e. The lowest BCUT2D eigenvalue weighted by Crippen LogP contribution is -2.21. The molecule has 0 aliphatic carbocycles. The zero-order valence-corrected chi connectivity index (χ0v) is 9.14. The van der Waals surface area contributed by atoms with E-state index in [1.807, 2.05) is 6.07 Å². The van der Waals surface area contributed by atoms with Crippen LogP contribution in [0.1, 0.15) is 19.5 Å². The summed E-state index contributed by atoms with van der Waals surface area (Å²) in [7, 11) is 0. The third kappa shape index (κ3) is 2.67. The Kier molecular flexibility index (Phi) is 3.41. The summed E-state index contributed by atoms with van der Waals surface area (Å²) >= 11 is 0.